The highest BCUT2D eigenvalue weighted by Crippen LogP contribution is 2.20. The molecule has 0 aliphatic carbocycles. The first-order valence-corrected chi connectivity index (χ1v) is 6.92. The van der Waals surface area contributed by atoms with Crippen LogP contribution in [0, 0.1) is 0 Å². The van der Waals surface area contributed by atoms with E-state index >= 15 is 0 Å². The average molecular weight is 272 g/mol. The monoisotopic (exact) mass is 272 g/mol. The summed E-state index contributed by atoms with van der Waals surface area (Å²) in [5, 5.41) is 9.86. The number of carboxylic acids is 1. The minimum Gasteiger partial charge on any atom is -0.481 e. The largest absolute Gasteiger partial charge is 0.481 e. The standard InChI is InChI=1S/C16H20N2O2/c1-12(2)18(11-5-8-16(19)20)15-10-9-13-6-3-4-7-14(13)17-15/h3-4,6-7,9-10,12H,5,8,11H2,1-2H3,(H,19,20). The van der Waals surface area contributed by atoms with E-state index < -0.39 is 5.97 Å². The molecule has 0 spiro atoms. The third-order valence-corrected chi connectivity index (χ3v) is 3.29. The van der Waals surface area contributed by atoms with Gasteiger partial charge in [-0.2, -0.15) is 0 Å². The minimum absolute atomic E-state index is 0.191. The summed E-state index contributed by atoms with van der Waals surface area (Å²) < 4.78 is 0. The van der Waals surface area contributed by atoms with E-state index in [2.05, 4.69) is 29.8 Å². The van der Waals surface area contributed by atoms with Crippen LogP contribution in [0.5, 0.6) is 0 Å². The van der Waals surface area contributed by atoms with Gasteiger partial charge in [-0.25, -0.2) is 4.98 Å². The molecule has 0 bridgehead atoms. The molecule has 4 nitrogen and oxygen atoms in total. The lowest BCUT2D eigenvalue weighted by atomic mass is 10.2. The maximum atomic E-state index is 10.6. The SMILES string of the molecule is CC(C)N(CCCC(=O)O)c1ccc2ccccc2n1. The molecule has 2 aromatic rings. The predicted molar refractivity (Wildman–Crippen MR) is 81.1 cm³/mol. The molecule has 0 fully saturated rings. The van der Waals surface area contributed by atoms with Crippen LogP contribution in [0.2, 0.25) is 0 Å². The molecule has 1 N–H and O–H groups in total. The van der Waals surface area contributed by atoms with Gasteiger partial charge in [0, 0.05) is 24.4 Å². The van der Waals surface area contributed by atoms with Crippen LogP contribution >= 0.6 is 0 Å². The van der Waals surface area contributed by atoms with Crippen LogP contribution in [0.3, 0.4) is 0 Å². The van der Waals surface area contributed by atoms with Gasteiger partial charge in [0.05, 0.1) is 5.52 Å². The topological polar surface area (TPSA) is 53.4 Å². The minimum atomic E-state index is -0.750. The molecule has 0 radical (unpaired) electrons. The molecule has 0 unspecified atom stereocenters. The highest BCUT2D eigenvalue weighted by molar-refractivity contribution is 5.80. The van der Waals surface area contributed by atoms with Crippen LogP contribution < -0.4 is 4.90 Å². The van der Waals surface area contributed by atoms with Gasteiger partial charge >= 0.3 is 5.97 Å². The molecule has 0 aliphatic heterocycles. The number of para-hydroxylation sites is 1. The number of carboxylic acid groups (broad SMARTS) is 1. The van der Waals surface area contributed by atoms with E-state index in [0.29, 0.717) is 13.0 Å². The molecule has 106 valence electrons. The third kappa shape index (κ3) is 3.47. The van der Waals surface area contributed by atoms with E-state index in [1.165, 1.54) is 0 Å². The Morgan fingerprint density at radius 2 is 2.00 bits per heavy atom. The molecule has 1 aromatic heterocycles. The van der Waals surface area contributed by atoms with Crippen molar-refractivity contribution in [1.29, 1.82) is 0 Å². The second-order valence-electron chi connectivity index (χ2n) is 5.15. The van der Waals surface area contributed by atoms with Gasteiger partial charge in [0.1, 0.15) is 5.82 Å². The third-order valence-electron chi connectivity index (χ3n) is 3.29. The van der Waals surface area contributed by atoms with Crippen molar-refractivity contribution >= 4 is 22.7 Å². The molecule has 4 heteroatoms. The molecule has 2 rings (SSSR count). The second kappa shape index (κ2) is 6.37. The lowest BCUT2D eigenvalue weighted by Crippen LogP contribution is -2.32. The predicted octanol–water partition coefficient (Wildman–Crippen LogP) is 3.31. The maximum absolute atomic E-state index is 10.6. The van der Waals surface area contributed by atoms with E-state index in [1.807, 2.05) is 30.3 Å². The number of pyridine rings is 1. The van der Waals surface area contributed by atoms with Gasteiger partial charge in [-0.1, -0.05) is 18.2 Å². The van der Waals surface area contributed by atoms with Crippen molar-refractivity contribution in [3.63, 3.8) is 0 Å². The lowest BCUT2D eigenvalue weighted by molar-refractivity contribution is -0.137. The van der Waals surface area contributed by atoms with E-state index in [1.54, 1.807) is 0 Å². The van der Waals surface area contributed by atoms with Crippen LogP contribution in [0.1, 0.15) is 26.7 Å². The van der Waals surface area contributed by atoms with Gasteiger partial charge in [-0.3, -0.25) is 4.79 Å². The van der Waals surface area contributed by atoms with E-state index in [4.69, 9.17) is 5.11 Å². The van der Waals surface area contributed by atoms with Crippen LogP contribution in [0.25, 0.3) is 10.9 Å². The van der Waals surface area contributed by atoms with Crippen LogP contribution in [-0.4, -0.2) is 28.6 Å². The number of carbonyl (C=O) groups is 1. The fourth-order valence-electron chi connectivity index (χ4n) is 2.25. The molecule has 1 heterocycles. The first-order chi connectivity index (χ1) is 9.58. The average Bonchev–Trinajstić information content (AvgIpc) is 2.42. The molecule has 0 amide bonds. The molecule has 0 saturated carbocycles. The fraction of sp³-hybridized carbons (Fsp3) is 0.375. The summed E-state index contributed by atoms with van der Waals surface area (Å²) in [6.07, 6.45) is 0.818. The van der Waals surface area contributed by atoms with Crippen LogP contribution in [-0.2, 0) is 4.79 Å². The van der Waals surface area contributed by atoms with Crippen molar-refractivity contribution < 1.29 is 9.90 Å². The summed E-state index contributed by atoms with van der Waals surface area (Å²) in [7, 11) is 0. The summed E-state index contributed by atoms with van der Waals surface area (Å²) in [6.45, 7) is 4.89. The first-order valence-electron chi connectivity index (χ1n) is 6.92. The Balaban J connectivity index is 2.20. The van der Waals surface area contributed by atoms with Crippen molar-refractivity contribution in [2.45, 2.75) is 32.7 Å². The molecular weight excluding hydrogens is 252 g/mol. The van der Waals surface area contributed by atoms with E-state index in [9.17, 15) is 4.79 Å². The van der Waals surface area contributed by atoms with Crippen molar-refractivity contribution in [2.24, 2.45) is 0 Å². The number of fused-ring (bicyclic) bond motifs is 1. The number of aliphatic carboxylic acids is 1. The number of nitrogens with zero attached hydrogens (tertiary/aromatic N) is 2. The molecule has 0 aliphatic rings. The highest BCUT2D eigenvalue weighted by atomic mass is 16.4. The summed E-state index contributed by atoms with van der Waals surface area (Å²) in [6, 6.07) is 12.4. The zero-order valence-corrected chi connectivity index (χ0v) is 11.9. The number of anilines is 1. The van der Waals surface area contributed by atoms with Gasteiger partial charge in [-0.15, -0.1) is 0 Å². The Morgan fingerprint density at radius 3 is 2.70 bits per heavy atom. The smallest absolute Gasteiger partial charge is 0.303 e. The van der Waals surface area contributed by atoms with E-state index in [-0.39, 0.29) is 12.5 Å². The van der Waals surface area contributed by atoms with Crippen LogP contribution in [0.15, 0.2) is 36.4 Å². The van der Waals surface area contributed by atoms with Gasteiger partial charge in [0.25, 0.3) is 0 Å². The molecule has 0 atom stereocenters. The number of rotatable bonds is 6. The highest BCUT2D eigenvalue weighted by Gasteiger charge is 2.12. The van der Waals surface area contributed by atoms with Gasteiger partial charge in [0.2, 0.25) is 0 Å². The molecule has 0 saturated heterocycles. The summed E-state index contributed by atoms with van der Waals surface area (Å²) in [5.74, 6) is 0.157. The second-order valence-corrected chi connectivity index (χ2v) is 5.15. The Bertz CT molecular complexity index is 596. The quantitative estimate of drug-likeness (QED) is 0.876. The zero-order valence-electron chi connectivity index (χ0n) is 11.9. The summed E-state index contributed by atoms with van der Waals surface area (Å²) >= 11 is 0. The summed E-state index contributed by atoms with van der Waals surface area (Å²) in [5.41, 5.74) is 0.967. The van der Waals surface area contributed by atoms with Crippen LogP contribution in [0.4, 0.5) is 5.82 Å². The molecule has 1 aromatic carbocycles. The Labute approximate surface area is 119 Å². The Hall–Kier alpha value is -2.10. The number of hydrogen-bond donors (Lipinski definition) is 1. The van der Waals surface area contributed by atoms with Gasteiger partial charge in [0.15, 0.2) is 0 Å². The normalized spacial score (nSPS) is 10.9. The van der Waals surface area contributed by atoms with Gasteiger partial charge < -0.3 is 10.0 Å². The Morgan fingerprint density at radius 1 is 1.25 bits per heavy atom. The van der Waals surface area contributed by atoms with Gasteiger partial charge in [-0.05, 0) is 38.5 Å². The summed E-state index contributed by atoms with van der Waals surface area (Å²) in [4.78, 5) is 17.4. The number of aromatic nitrogens is 1. The lowest BCUT2D eigenvalue weighted by Gasteiger charge is -2.28. The number of benzene rings is 1. The zero-order chi connectivity index (χ0) is 14.5. The molecular formula is C16H20N2O2. The maximum Gasteiger partial charge on any atom is 0.303 e. The van der Waals surface area contributed by atoms with Crippen molar-refractivity contribution in [1.82, 2.24) is 4.98 Å². The van der Waals surface area contributed by atoms with E-state index in [0.717, 1.165) is 16.7 Å². The van der Waals surface area contributed by atoms with Crippen molar-refractivity contribution in [2.75, 3.05) is 11.4 Å². The fourth-order valence-corrected chi connectivity index (χ4v) is 2.25. The van der Waals surface area contributed by atoms with Crippen molar-refractivity contribution in [3.8, 4) is 0 Å². The van der Waals surface area contributed by atoms with Crippen molar-refractivity contribution in [3.05, 3.63) is 36.4 Å². The molecule has 20 heavy (non-hydrogen) atoms. The Kier molecular flexibility index (Phi) is 4.56. The first kappa shape index (κ1) is 14.3. The number of hydrogen-bond acceptors (Lipinski definition) is 3.